The maximum absolute atomic E-state index is 12.7. The zero-order chi connectivity index (χ0) is 16.0. The van der Waals surface area contributed by atoms with Crippen molar-refractivity contribution in [3.8, 4) is 0 Å². The Hall–Kier alpha value is -0.950. The van der Waals surface area contributed by atoms with Crippen LogP contribution in [0.5, 0.6) is 0 Å². The van der Waals surface area contributed by atoms with Gasteiger partial charge in [-0.2, -0.15) is 0 Å². The molecular weight excluding hydrogens is 314 g/mol. The molecule has 2 bridgehead atoms. The lowest BCUT2D eigenvalue weighted by Crippen LogP contribution is -2.48. The predicted molar refractivity (Wildman–Crippen MR) is 86.5 cm³/mol. The first kappa shape index (κ1) is 15.6. The third-order valence-electron chi connectivity index (χ3n) is 5.71. The van der Waals surface area contributed by atoms with Crippen LogP contribution in [0.15, 0.2) is 24.3 Å². The Labute approximate surface area is 137 Å². The summed E-state index contributed by atoms with van der Waals surface area (Å²) in [4.78, 5) is 0. The van der Waals surface area contributed by atoms with Crippen LogP contribution < -0.4 is 4.72 Å². The van der Waals surface area contributed by atoms with Crippen molar-refractivity contribution in [1.29, 1.82) is 0 Å². The van der Waals surface area contributed by atoms with Crippen LogP contribution in [0.2, 0.25) is 0 Å². The van der Waals surface area contributed by atoms with Crippen molar-refractivity contribution in [3.63, 3.8) is 0 Å². The summed E-state index contributed by atoms with van der Waals surface area (Å²) in [7, 11) is -3.56. The number of hydrogen-bond donors (Lipinski definition) is 2. The smallest absolute Gasteiger partial charge is 0.219 e. The summed E-state index contributed by atoms with van der Waals surface area (Å²) in [5.74, 6) is 0.691. The molecule has 1 aromatic rings. The van der Waals surface area contributed by atoms with Crippen molar-refractivity contribution in [2.45, 2.75) is 43.1 Å². The molecule has 6 heteroatoms. The third kappa shape index (κ3) is 2.82. The highest BCUT2D eigenvalue weighted by Crippen LogP contribution is 2.40. The fraction of sp³-hybridized carbons (Fsp3) is 0.647. The first-order valence-corrected chi connectivity index (χ1v) is 9.93. The number of hydrogen-bond acceptors (Lipinski definition) is 4. The van der Waals surface area contributed by atoms with E-state index in [-0.39, 0.29) is 19.3 Å². The highest BCUT2D eigenvalue weighted by Gasteiger charge is 2.44. The summed E-state index contributed by atoms with van der Waals surface area (Å²) in [5, 5.41) is 9.01. The van der Waals surface area contributed by atoms with E-state index >= 15 is 0 Å². The van der Waals surface area contributed by atoms with Crippen LogP contribution >= 0.6 is 0 Å². The van der Waals surface area contributed by atoms with Crippen LogP contribution in [-0.2, 0) is 27.6 Å². The van der Waals surface area contributed by atoms with Crippen LogP contribution in [0.4, 0.5) is 0 Å². The molecule has 0 aromatic heterocycles. The van der Waals surface area contributed by atoms with Gasteiger partial charge < -0.3 is 9.84 Å². The number of benzene rings is 1. The van der Waals surface area contributed by atoms with Gasteiger partial charge in [-0.15, -0.1) is 0 Å². The molecule has 1 saturated heterocycles. The largest absolute Gasteiger partial charge is 0.389 e. The maximum Gasteiger partial charge on any atom is 0.219 e. The molecule has 4 atom stereocenters. The van der Waals surface area contributed by atoms with Crippen LogP contribution in [0.1, 0.15) is 24.0 Å². The average molecular weight is 337 g/mol. The molecule has 0 amide bonds. The highest BCUT2D eigenvalue weighted by molar-refractivity contribution is 7.90. The van der Waals surface area contributed by atoms with Gasteiger partial charge in [0.05, 0.1) is 19.3 Å². The van der Waals surface area contributed by atoms with Crippen LogP contribution in [0.25, 0.3) is 0 Å². The van der Waals surface area contributed by atoms with E-state index in [0.29, 0.717) is 11.8 Å². The molecule has 4 unspecified atom stereocenters. The van der Waals surface area contributed by atoms with Gasteiger partial charge in [-0.05, 0) is 48.6 Å². The molecule has 0 radical (unpaired) electrons. The van der Waals surface area contributed by atoms with Gasteiger partial charge in [0, 0.05) is 6.04 Å². The second-order valence-corrected chi connectivity index (χ2v) is 9.04. The molecule has 23 heavy (non-hydrogen) atoms. The summed E-state index contributed by atoms with van der Waals surface area (Å²) >= 11 is 0. The highest BCUT2D eigenvalue weighted by atomic mass is 32.2. The molecule has 0 spiro atoms. The van der Waals surface area contributed by atoms with Crippen molar-refractivity contribution in [2.24, 2.45) is 11.8 Å². The molecule has 1 aromatic carbocycles. The lowest BCUT2D eigenvalue weighted by molar-refractivity contribution is 0.127. The second kappa shape index (κ2) is 5.84. The van der Waals surface area contributed by atoms with E-state index in [1.54, 1.807) is 0 Å². The predicted octanol–water partition coefficient (Wildman–Crippen LogP) is 0.859. The van der Waals surface area contributed by atoms with E-state index in [2.05, 4.69) is 29.0 Å². The fourth-order valence-corrected chi connectivity index (χ4v) is 6.15. The molecular formula is C17H23NO4S. The Morgan fingerprint density at radius 3 is 2.17 bits per heavy atom. The fourth-order valence-electron chi connectivity index (χ4n) is 4.44. The normalized spacial score (nSPS) is 36.7. The van der Waals surface area contributed by atoms with Crippen molar-refractivity contribution in [3.05, 3.63) is 35.4 Å². The number of sulfonamides is 1. The van der Waals surface area contributed by atoms with E-state index in [4.69, 9.17) is 4.74 Å². The zero-order valence-electron chi connectivity index (χ0n) is 13.0. The summed E-state index contributed by atoms with van der Waals surface area (Å²) in [6, 6.07) is 8.42. The van der Waals surface area contributed by atoms with Crippen molar-refractivity contribution in [2.75, 3.05) is 13.2 Å². The number of aliphatic hydroxyl groups excluding tert-OH is 1. The Bertz CT molecular complexity index is 657. The monoisotopic (exact) mass is 337 g/mol. The number of rotatable bonds is 3. The number of fused-ring (bicyclic) bond motifs is 3. The molecule has 2 fully saturated rings. The van der Waals surface area contributed by atoms with E-state index in [0.717, 1.165) is 25.7 Å². The lowest BCUT2D eigenvalue weighted by Gasteiger charge is -2.26. The van der Waals surface area contributed by atoms with Gasteiger partial charge in [0.15, 0.2) is 0 Å². The Morgan fingerprint density at radius 2 is 1.65 bits per heavy atom. The summed E-state index contributed by atoms with van der Waals surface area (Å²) < 4.78 is 33.4. The maximum atomic E-state index is 12.7. The second-order valence-electron chi connectivity index (χ2n) is 7.11. The molecule has 1 heterocycles. The van der Waals surface area contributed by atoms with Crippen molar-refractivity contribution < 1.29 is 18.3 Å². The minimum atomic E-state index is -3.56. The first-order valence-electron chi connectivity index (χ1n) is 8.38. The standard InChI is InChI=1S/C17H23NO4S/c19-15-9-22-10-16(15)23(20,21)18-17-13-5-6-14(17)8-12-4-2-1-3-11(12)7-13/h1-4,13-19H,5-10H2. The summed E-state index contributed by atoms with van der Waals surface area (Å²) in [6.45, 7) is 0.188. The average Bonchev–Trinajstić information content (AvgIpc) is 3.04. The van der Waals surface area contributed by atoms with E-state index in [9.17, 15) is 13.5 Å². The summed E-state index contributed by atoms with van der Waals surface area (Å²) in [6.07, 6.45) is 3.08. The van der Waals surface area contributed by atoms with E-state index in [1.807, 2.05) is 0 Å². The molecule has 1 aliphatic heterocycles. The van der Waals surface area contributed by atoms with Gasteiger partial charge in [0.2, 0.25) is 10.0 Å². The van der Waals surface area contributed by atoms with E-state index in [1.165, 1.54) is 11.1 Å². The molecule has 4 rings (SSSR count). The van der Waals surface area contributed by atoms with Gasteiger partial charge in [-0.3, -0.25) is 0 Å². The van der Waals surface area contributed by atoms with Gasteiger partial charge >= 0.3 is 0 Å². The van der Waals surface area contributed by atoms with Gasteiger partial charge in [0.25, 0.3) is 0 Å². The van der Waals surface area contributed by atoms with Crippen molar-refractivity contribution in [1.82, 2.24) is 4.72 Å². The zero-order valence-corrected chi connectivity index (χ0v) is 13.8. The molecule has 1 saturated carbocycles. The van der Waals surface area contributed by atoms with Crippen LogP contribution in [-0.4, -0.2) is 44.1 Å². The Morgan fingerprint density at radius 1 is 1.04 bits per heavy atom. The quantitative estimate of drug-likeness (QED) is 0.858. The van der Waals surface area contributed by atoms with Gasteiger partial charge in [-0.1, -0.05) is 24.3 Å². The number of aliphatic hydroxyl groups is 1. The van der Waals surface area contributed by atoms with Crippen LogP contribution in [0.3, 0.4) is 0 Å². The molecule has 2 aliphatic carbocycles. The number of nitrogens with one attached hydrogen (secondary N) is 1. The molecule has 5 nitrogen and oxygen atoms in total. The minimum absolute atomic E-state index is 0.0276. The van der Waals surface area contributed by atoms with Crippen molar-refractivity contribution >= 4 is 10.0 Å². The SMILES string of the molecule is O=S(=O)(NC1C2CCC1Cc1ccccc1C2)C1COCC1O. The topological polar surface area (TPSA) is 75.6 Å². The molecule has 3 aliphatic rings. The van der Waals surface area contributed by atoms with E-state index < -0.39 is 21.4 Å². The van der Waals surface area contributed by atoms with Crippen LogP contribution in [0, 0.1) is 11.8 Å². The molecule has 126 valence electrons. The molecule has 2 N–H and O–H groups in total. The number of ether oxygens (including phenoxy) is 1. The lowest BCUT2D eigenvalue weighted by atomic mass is 9.94. The Balaban J connectivity index is 1.56. The van der Waals surface area contributed by atoms with Gasteiger partial charge in [-0.25, -0.2) is 13.1 Å². The van der Waals surface area contributed by atoms with Gasteiger partial charge in [0.1, 0.15) is 5.25 Å². The Kier molecular flexibility index (Phi) is 3.96. The summed E-state index contributed by atoms with van der Waals surface area (Å²) in [5.41, 5.74) is 2.71. The first-order chi connectivity index (χ1) is 11.0. The minimum Gasteiger partial charge on any atom is -0.389 e. The third-order valence-corrected chi connectivity index (χ3v) is 7.55.